The van der Waals surface area contributed by atoms with Crippen molar-refractivity contribution in [3.8, 4) is 23.0 Å². The van der Waals surface area contributed by atoms with Gasteiger partial charge in [-0.05, 0) is 36.4 Å². The first-order valence-corrected chi connectivity index (χ1v) is 10.3. The van der Waals surface area contributed by atoms with E-state index in [-0.39, 0.29) is 34.1 Å². The number of methoxy groups -OCH3 is 2. The maximum absolute atomic E-state index is 12.7. The number of esters is 2. The van der Waals surface area contributed by atoms with Crippen LogP contribution >= 0.6 is 0 Å². The zero-order chi connectivity index (χ0) is 25.9. The molecule has 0 saturated heterocycles. The van der Waals surface area contributed by atoms with Gasteiger partial charge in [0.05, 0.1) is 31.5 Å². The molecular formula is C23H24O12. The highest BCUT2D eigenvalue weighted by molar-refractivity contribution is 5.91. The van der Waals surface area contributed by atoms with Gasteiger partial charge in [0.2, 0.25) is 0 Å². The highest BCUT2D eigenvalue weighted by Crippen LogP contribution is 2.35. The van der Waals surface area contributed by atoms with Crippen LogP contribution in [0.5, 0.6) is 23.0 Å². The highest BCUT2D eigenvalue weighted by atomic mass is 16.6. The molecule has 0 radical (unpaired) electrons. The Balaban J connectivity index is 1.88. The highest BCUT2D eigenvalue weighted by Gasteiger charge is 2.52. The molecule has 0 unspecified atom stereocenters. The second-order valence-electron chi connectivity index (χ2n) is 7.90. The normalized spacial score (nSPS) is 23.7. The van der Waals surface area contributed by atoms with Gasteiger partial charge in [0, 0.05) is 12.8 Å². The average Bonchev–Trinajstić information content (AvgIpc) is 2.81. The van der Waals surface area contributed by atoms with Crippen LogP contribution in [0.15, 0.2) is 36.4 Å². The lowest BCUT2D eigenvalue weighted by Gasteiger charge is -2.40. The molecule has 4 atom stereocenters. The third-order valence-electron chi connectivity index (χ3n) is 5.56. The number of aliphatic hydroxyl groups excluding tert-OH is 1. The van der Waals surface area contributed by atoms with Gasteiger partial charge in [0.25, 0.3) is 0 Å². The molecule has 3 rings (SSSR count). The number of benzene rings is 2. The third kappa shape index (κ3) is 5.39. The van der Waals surface area contributed by atoms with E-state index < -0.39 is 54.7 Å². The molecule has 188 valence electrons. The average molecular weight is 492 g/mol. The number of phenolic OH excluding ortho intramolecular Hbond substituents is 2. The molecule has 12 heteroatoms. The summed E-state index contributed by atoms with van der Waals surface area (Å²) in [5.41, 5.74) is -2.62. The van der Waals surface area contributed by atoms with Crippen molar-refractivity contribution >= 4 is 17.9 Å². The Morgan fingerprint density at radius 2 is 1.34 bits per heavy atom. The lowest BCUT2D eigenvalue weighted by Crippen LogP contribution is -2.58. The van der Waals surface area contributed by atoms with Gasteiger partial charge in [-0.2, -0.15) is 0 Å². The van der Waals surface area contributed by atoms with Crippen LogP contribution in [0.1, 0.15) is 33.6 Å². The Bertz CT molecular complexity index is 1130. The van der Waals surface area contributed by atoms with Gasteiger partial charge in [0.15, 0.2) is 34.7 Å². The van der Waals surface area contributed by atoms with Gasteiger partial charge >= 0.3 is 17.9 Å². The Kier molecular flexibility index (Phi) is 7.37. The third-order valence-corrected chi connectivity index (χ3v) is 5.56. The number of aliphatic carboxylic acids is 1. The summed E-state index contributed by atoms with van der Waals surface area (Å²) in [4.78, 5) is 37.1. The van der Waals surface area contributed by atoms with Crippen LogP contribution in [-0.2, 0) is 14.3 Å². The molecule has 35 heavy (non-hydrogen) atoms. The van der Waals surface area contributed by atoms with Crippen LogP contribution in [0.2, 0.25) is 0 Å². The lowest BCUT2D eigenvalue weighted by atomic mass is 9.79. The van der Waals surface area contributed by atoms with Crippen molar-refractivity contribution in [1.29, 1.82) is 0 Å². The predicted molar refractivity (Wildman–Crippen MR) is 116 cm³/mol. The molecule has 0 aromatic heterocycles. The second-order valence-corrected chi connectivity index (χ2v) is 7.90. The molecule has 0 spiro atoms. The molecule has 0 bridgehead atoms. The Morgan fingerprint density at radius 3 is 1.80 bits per heavy atom. The molecule has 1 saturated carbocycles. The summed E-state index contributed by atoms with van der Waals surface area (Å²) >= 11 is 0. The van der Waals surface area contributed by atoms with E-state index in [2.05, 4.69) is 0 Å². The fraction of sp³-hybridized carbons (Fsp3) is 0.348. The summed E-state index contributed by atoms with van der Waals surface area (Å²) in [7, 11) is 2.54. The van der Waals surface area contributed by atoms with E-state index in [1.807, 2.05) is 0 Å². The molecule has 5 N–H and O–H groups in total. The minimum atomic E-state index is -2.46. The molecule has 2 aromatic rings. The number of carbonyl (C=O) groups excluding carboxylic acids is 2. The number of hydrogen-bond acceptors (Lipinski definition) is 11. The summed E-state index contributed by atoms with van der Waals surface area (Å²) in [6.07, 6.45) is -6.18. The molecule has 12 nitrogen and oxygen atoms in total. The SMILES string of the molecule is COc1cc(C(=O)O[C@H]2[C@@H](O)C[C@](O)(C(=O)O)C[C@H]2OC(=O)c2ccc(O)c(OC)c2)ccc1O. The second kappa shape index (κ2) is 10.1. The number of rotatable bonds is 7. The largest absolute Gasteiger partial charge is 0.504 e. The Hall–Kier alpha value is -4.03. The molecular weight excluding hydrogens is 468 g/mol. The summed E-state index contributed by atoms with van der Waals surface area (Å²) in [6, 6.07) is 7.16. The van der Waals surface area contributed by atoms with Crippen molar-refractivity contribution in [1.82, 2.24) is 0 Å². The topological polar surface area (TPSA) is 189 Å². The molecule has 1 aliphatic carbocycles. The molecule has 0 heterocycles. The van der Waals surface area contributed by atoms with Crippen molar-refractivity contribution in [2.45, 2.75) is 36.8 Å². The molecule has 2 aromatic carbocycles. The standard InChI is InChI=1S/C23H24O12/c1-32-16-7-11(3-5-13(16)24)20(27)34-18-10-23(31,22(29)30)9-15(26)19(18)35-21(28)12-4-6-14(25)17(8-12)33-2/h3-8,15,18-19,24-26,31H,9-10H2,1-2H3,(H,29,30)/t15-,18+,19-,23+/m0/s1. The number of carboxylic acids is 1. The van der Waals surface area contributed by atoms with E-state index in [9.17, 15) is 39.9 Å². The van der Waals surface area contributed by atoms with Gasteiger partial charge in [-0.1, -0.05) is 0 Å². The number of aromatic hydroxyl groups is 2. The molecule has 0 aliphatic heterocycles. The van der Waals surface area contributed by atoms with Gasteiger partial charge in [-0.25, -0.2) is 14.4 Å². The summed E-state index contributed by atoms with van der Waals surface area (Å²) < 4.78 is 20.6. The molecule has 1 aliphatic rings. The zero-order valence-corrected chi connectivity index (χ0v) is 18.7. The summed E-state index contributed by atoms with van der Waals surface area (Å²) in [5, 5.41) is 49.9. The number of carboxylic acid groups (broad SMARTS) is 1. The van der Waals surface area contributed by atoms with E-state index in [1.165, 1.54) is 50.6 Å². The van der Waals surface area contributed by atoms with Crippen LogP contribution < -0.4 is 9.47 Å². The number of aliphatic hydroxyl groups is 2. The lowest BCUT2D eigenvalue weighted by molar-refractivity contribution is -0.187. The fourth-order valence-corrected chi connectivity index (χ4v) is 3.69. The van der Waals surface area contributed by atoms with Crippen LogP contribution in [0.4, 0.5) is 0 Å². The van der Waals surface area contributed by atoms with Gasteiger partial charge in [-0.3, -0.25) is 0 Å². The van der Waals surface area contributed by atoms with Gasteiger partial charge < -0.3 is 44.5 Å². The van der Waals surface area contributed by atoms with Crippen molar-refractivity contribution in [2.75, 3.05) is 14.2 Å². The zero-order valence-electron chi connectivity index (χ0n) is 18.7. The van der Waals surface area contributed by atoms with Gasteiger partial charge in [0.1, 0.15) is 6.10 Å². The molecule has 1 fully saturated rings. The van der Waals surface area contributed by atoms with Crippen LogP contribution in [-0.4, -0.2) is 81.6 Å². The first-order valence-electron chi connectivity index (χ1n) is 10.3. The number of hydrogen-bond donors (Lipinski definition) is 5. The maximum atomic E-state index is 12.7. The van der Waals surface area contributed by atoms with E-state index >= 15 is 0 Å². The summed E-state index contributed by atoms with van der Waals surface area (Å²) in [5.74, 6) is -4.18. The number of carbonyl (C=O) groups is 3. The van der Waals surface area contributed by atoms with Crippen molar-refractivity contribution < 1.29 is 58.9 Å². The van der Waals surface area contributed by atoms with E-state index in [0.29, 0.717) is 0 Å². The number of phenols is 2. The first-order chi connectivity index (χ1) is 16.5. The van der Waals surface area contributed by atoms with Crippen molar-refractivity contribution in [2.24, 2.45) is 0 Å². The van der Waals surface area contributed by atoms with Crippen molar-refractivity contribution in [3.05, 3.63) is 47.5 Å². The van der Waals surface area contributed by atoms with Gasteiger partial charge in [-0.15, -0.1) is 0 Å². The predicted octanol–water partition coefficient (Wildman–Crippen LogP) is 0.836. The summed E-state index contributed by atoms with van der Waals surface area (Å²) in [6.45, 7) is 0. The minimum absolute atomic E-state index is 0.0202. The van der Waals surface area contributed by atoms with E-state index in [4.69, 9.17) is 18.9 Å². The molecule has 0 amide bonds. The van der Waals surface area contributed by atoms with Crippen LogP contribution in [0.25, 0.3) is 0 Å². The van der Waals surface area contributed by atoms with E-state index in [1.54, 1.807) is 0 Å². The Labute approximate surface area is 198 Å². The maximum Gasteiger partial charge on any atom is 0.338 e. The quantitative estimate of drug-likeness (QED) is 0.343. The minimum Gasteiger partial charge on any atom is -0.504 e. The number of ether oxygens (including phenoxy) is 4. The first kappa shape index (κ1) is 25.6. The van der Waals surface area contributed by atoms with E-state index in [0.717, 1.165) is 0 Å². The fourth-order valence-electron chi connectivity index (χ4n) is 3.69. The van der Waals surface area contributed by atoms with Crippen LogP contribution in [0.3, 0.4) is 0 Å². The van der Waals surface area contributed by atoms with Crippen LogP contribution in [0, 0.1) is 0 Å². The Morgan fingerprint density at radius 1 is 0.857 bits per heavy atom. The smallest absolute Gasteiger partial charge is 0.338 e. The van der Waals surface area contributed by atoms with Crippen molar-refractivity contribution in [3.63, 3.8) is 0 Å². The monoisotopic (exact) mass is 492 g/mol.